The molecule has 0 amide bonds. The number of aromatic nitrogens is 4. The maximum absolute atomic E-state index is 10.5. The minimum atomic E-state index is -1.15. The number of carbonyl (C=O) groups is 1. The van der Waals surface area contributed by atoms with Crippen molar-refractivity contribution >= 4 is 33.2 Å². The van der Waals surface area contributed by atoms with Crippen LogP contribution in [0.5, 0.6) is 0 Å². The number of nitrogens with zero attached hydrogens (tertiary/aromatic N) is 4. The van der Waals surface area contributed by atoms with Gasteiger partial charge in [0.05, 0.1) is 0 Å². The molecule has 8 heteroatoms. The fraction of sp³-hybridized carbons (Fsp3) is 0. The highest BCUT2D eigenvalue weighted by Crippen LogP contribution is 2.17. The predicted molar refractivity (Wildman–Crippen MR) is 51.7 cm³/mol. The minimum absolute atomic E-state index is 0.240. The van der Waals surface area contributed by atoms with E-state index in [-0.39, 0.29) is 5.82 Å². The first-order chi connectivity index (χ1) is 6.66. The van der Waals surface area contributed by atoms with Gasteiger partial charge in [-0.15, -0.1) is 16.4 Å². The highest BCUT2D eigenvalue weighted by Gasteiger charge is 2.11. The summed E-state index contributed by atoms with van der Waals surface area (Å²) in [4.78, 5) is 18.1. The number of aromatic carboxylic acids is 1. The van der Waals surface area contributed by atoms with Crippen LogP contribution in [0.4, 0.5) is 0 Å². The molecule has 2 heterocycles. The number of hydrogen-bond donors (Lipinski definition) is 1. The Labute approximate surface area is 90.4 Å². The monoisotopic (exact) mass is 274 g/mol. The zero-order valence-corrected chi connectivity index (χ0v) is 8.99. The molecule has 0 saturated heterocycles. The van der Waals surface area contributed by atoms with E-state index >= 15 is 0 Å². The Hall–Kier alpha value is -1.28. The predicted octanol–water partition coefficient (Wildman–Crippen LogP) is 1.18. The number of rotatable bonds is 2. The van der Waals surface area contributed by atoms with Crippen LogP contribution in [0.25, 0.3) is 5.13 Å². The Kier molecular flexibility index (Phi) is 2.30. The van der Waals surface area contributed by atoms with Gasteiger partial charge >= 0.3 is 5.97 Å². The van der Waals surface area contributed by atoms with Gasteiger partial charge in [-0.05, 0) is 15.9 Å². The van der Waals surface area contributed by atoms with Crippen molar-refractivity contribution in [2.45, 2.75) is 0 Å². The molecule has 6 nitrogen and oxygen atoms in total. The van der Waals surface area contributed by atoms with Crippen LogP contribution in [0.3, 0.4) is 0 Å². The fourth-order valence-electron chi connectivity index (χ4n) is 0.804. The molecule has 0 spiro atoms. The number of thiazole rings is 1. The highest BCUT2D eigenvalue weighted by molar-refractivity contribution is 9.10. The van der Waals surface area contributed by atoms with Crippen LogP contribution in [-0.4, -0.2) is 30.8 Å². The zero-order chi connectivity index (χ0) is 10.1. The summed E-state index contributed by atoms with van der Waals surface area (Å²) in [5.74, 6) is -1.39. The standard InChI is InChI=1S/C6H3BrN4O2S/c7-3-1-14-6(9-3)11-2-8-4(10-11)5(12)13/h1-2H,(H,12,13). The van der Waals surface area contributed by atoms with Crippen molar-refractivity contribution in [1.82, 2.24) is 19.7 Å². The third kappa shape index (κ3) is 1.66. The zero-order valence-electron chi connectivity index (χ0n) is 6.59. The molecule has 0 atom stereocenters. The van der Waals surface area contributed by atoms with Crippen LogP contribution in [-0.2, 0) is 0 Å². The summed E-state index contributed by atoms with van der Waals surface area (Å²) in [6, 6.07) is 0. The summed E-state index contributed by atoms with van der Waals surface area (Å²) in [6.45, 7) is 0. The molecule has 0 saturated carbocycles. The molecular weight excluding hydrogens is 272 g/mol. The average Bonchev–Trinajstić information content (AvgIpc) is 2.70. The van der Waals surface area contributed by atoms with E-state index in [9.17, 15) is 4.79 Å². The number of carboxylic acid groups (broad SMARTS) is 1. The van der Waals surface area contributed by atoms with Crippen LogP contribution in [0.1, 0.15) is 10.6 Å². The summed E-state index contributed by atoms with van der Waals surface area (Å²) in [6.07, 6.45) is 1.31. The lowest BCUT2D eigenvalue weighted by Gasteiger charge is -1.89. The second-order valence-electron chi connectivity index (χ2n) is 2.27. The van der Waals surface area contributed by atoms with Gasteiger partial charge in [0.2, 0.25) is 5.13 Å². The van der Waals surface area contributed by atoms with Crippen molar-refractivity contribution in [2.24, 2.45) is 0 Å². The van der Waals surface area contributed by atoms with Gasteiger partial charge in [-0.3, -0.25) is 0 Å². The van der Waals surface area contributed by atoms with Gasteiger partial charge in [-0.1, -0.05) is 0 Å². The molecule has 2 aromatic rings. The maximum atomic E-state index is 10.5. The summed E-state index contributed by atoms with van der Waals surface area (Å²) < 4.78 is 2.00. The van der Waals surface area contributed by atoms with Gasteiger partial charge in [0.15, 0.2) is 0 Å². The lowest BCUT2D eigenvalue weighted by molar-refractivity contribution is 0.0683. The van der Waals surface area contributed by atoms with Gasteiger partial charge < -0.3 is 5.11 Å². The van der Waals surface area contributed by atoms with Crippen LogP contribution >= 0.6 is 27.3 Å². The van der Waals surface area contributed by atoms with E-state index < -0.39 is 5.97 Å². The molecule has 2 aromatic heterocycles. The van der Waals surface area contributed by atoms with Crippen LogP contribution in [0.2, 0.25) is 0 Å². The first kappa shape index (κ1) is 9.28. The molecule has 72 valence electrons. The molecular formula is C6H3BrN4O2S. The van der Waals surface area contributed by atoms with E-state index in [0.29, 0.717) is 9.73 Å². The van der Waals surface area contributed by atoms with Gasteiger partial charge in [-0.25, -0.2) is 14.8 Å². The third-order valence-electron chi connectivity index (χ3n) is 1.34. The van der Waals surface area contributed by atoms with Crippen molar-refractivity contribution in [1.29, 1.82) is 0 Å². The number of hydrogen-bond acceptors (Lipinski definition) is 5. The average molecular weight is 275 g/mol. The lowest BCUT2D eigenvalue weighted by atomic mass is 10.7. The largest absolute Gasteiger partial charge is 0.475 e. The van der Waals surface area contributed by atoms with E-state index in [0.717, 1.165) is 0 Å². The highest BCUT2D eigenvalue weighted by atomic mass is 79.9. The Morgan fingerprint density at radius 2 is 2.43 bits per heavy atom. The maximum Gasteiger partial charge on any atom is 0.375 e. The molecule has 0 aliphatic heterocycles. The molecule has 0 aliphatic carbocycles. The second-order valence-corrected chi connectivity index (χ2v) is 3.92. The summed E-state index contributed by atoms with van der Waals surface area (Å²) >= 11 is 4.52. The molecule has 1 N–H and O–H groups in total. The van der Waals surface area contributed by atoms with Crippen molar-refractivity contribution in [3.63, 3.8) is 0 Å². The summed E-state index contributed by atoms with van der Waals surface area (Å²) in [5.41, 5.74) is 0. The summed E-state index contributed by atoms with van der Waals surface area (Å²) in [5, 5.41) is 14.7. The Morgan fingerprint density at radius 1 is 1.64 bits per heavy atom. The van der Waals surface area contributed by atoms with Gasteiger partial charge in [-0.2, -0.15) is 4.68 Å². The Bertz CT molecular complexity index is 480. The van der Waals surface area contributed by atoms with E-state index in [1.165, 1.54) is 22.3 Å². The van der Waals surface area contributed by atoms with Crippen LogP contribution in [0, 0.1) is 0 Å². The third-order valence-corrected chi connectivity index (χ3v) is 2.88. The minimum Gasteiger partial charge on any atom is -0.475 e. The molecule has 0 radical (unpaired) electrons. The molecule has 0 aliphatic rings. The van der Waals surface area contributed by atoms with Crippen molar-refractivity contribution in [2.75, 3.05) is 0 Å². The van der Waals surface area contributed by atoms with Crippen LogP contribution < -0.4 is 0 Å². The van der Waals surface area contributed by atoms with E-state index in [4.69, 9.17) is 5.11 Å². The van der Waals surface area contributed by atoms with Gasteiger partial charge in [0.1, 0.15) is 10.9 Å². The second kappa shape index (κ2) is 3.46. The number of carboxylic acids is 1. The number of halogens is 1. The molecule has 0 fully saturated rings. The molecule has 14 heavy (non-hydrogen) atoms. The smallest absolute Gasteiger partial charge is 0.375 e. The summed E-state index contributed by atoms with van der Waals surface area (Å²) in [7, 11) is 0. The molecule has 0 aromatic carbocycles. The molecule has 0 unspecified atom stereocenters. The fourth-order valence-corrected chi connectivity index (χ4v) is 1.97. The normalized spacial score (nSPS) is 10.4. The SMILES string of the molecule is O=C(O)c1ncn(-c2nc(Br)cs2)n1. The van der Waals surface area contributed by atoms with E-state index in [1.54, 1.807) is 5.38 Å². The van der Waals surface area contributed by atoms with Crippen molar-refractivity contribution in [3.05, 3.63) is 22.1 Å². The van der Waals surface area contributed by atoms with E-state index in [2.05, 4.69) is 31.0 Å². The van der Waals surface area contributed by atoms with Gasteiger partial charge in [0.25, 0.3) is 5.82 Å². The molecule has 0 bridgehead atoms. The first-order valence-electron chi connectivity index (χ1n) is 3.43. The van der Waals surface area contributed by atoms with E-state index in [1.807, 2.05) is 0 Å². The van der Waals surface area contributed by atoms with Crippen molar-refractivity contribution < 1.29 is 9.90 Å². The lowest BCUT2D eigenvalue weighted by Crippen LogP contribution is -2.01. The Balaban J connectivity index is 2.38. The first-order valence-corrected chi connectivity index (χ1v) is 5.10. The van der Waals surface area contributed by atoms with Gasteiger partial charge in [0, 0.05) is 5.38 Å². The topological polar surface area (TPSA) is 80.9 Å². The Morgan fingerprint density at radius 3 is 2.93 bits per heavy atom. The quantitative estimate of drug-likeness (QED) is 0.890. The van der Waals surface area contributed by atoms with Crippen LogP contribution in [0.15, 0.2) is 16.3 Å². The molecule has 2 rings (SSSR count). The van der Waals surface area contributed by atoms with Crippen molar-refractivity contribution in [3.8, 4) is 5.13 Å².